The average molecular weight is 128 g/mol. The molecule has 0 aliphatic heterocycles. The van der Waals surface area contributed by atoms with Crippen LogP contribution in [0.5, 0.6) is 0 Å². The zero-order valence-electron chi connectivity index (χ0n) is 5.33. The van der Waals surface area contributed by atoms with E-state index in [9.17, 15) is 0 Å². The van der Waals surface area contributed by atoms with Crippen LogP contribution >= 0.6 is 0 Å². The zero-order valence-corrected chi connectivity index (χ0v) is 5.33. The molecule has 2 aromatic rings. The van der Waals surface area contributed by atoms with Gasteiger partial charge in [0.05, 0.1) is 0 Å². The highest BCUT2D eigenvalue weighted by Gasteiger charge is 1.92. The molecule has 0 fully saturated rings. The van der Waals surface area contributed by atoms with Crippen LogP contribution < -0.4 is 5.59 Å². The Kier molecular flexibility index (Phi) is 1.03. The summed E-state index contributed by atoms with van der Waals surface area (Å²) in [5.74, 6) is 0. The predicted octanol–water partition coefficient (Wildman–Crippen LogP) is 0.357. The summed E-state index contributed by atoms with van der Waals surface area (Å²) in [6.07, 6.45) is 1.84. The van der Waals surface area contributed by atoms with Crippen molar-refractivity contribution < 1.29 is 0 Å². The van der Waals surface area contributed by atoms with Crippen molar-refractivity contribution >= 4 is 24.5 Å². The van der Waals surface area contributed by atoms with Crippen LogP contribution in [0.1, 0.15) is 0 Å². The van der Waals surface area contributed by atoms with E-state index in [0.717, 1.165) is 11.0 Å². The van der Waals surface area contributed by atoms with Crippen LogP contribution in [-0.4, -0.2) is 17.8 Å². The maximum absolute atomic E-state index is 5.45. The number of hydrogen-bond acceptors (Lipinski definition) is 1. The van der Waals surface area contributed by atoms with Crippen LogP contribution in [0.2, 0.25) is 0 Å². The fraction of sp³-hybridized carbons (Fsp3) is 0. The summed E-state index contributed by atoms with van der Waals surface area (Å²) in [6.45, 7) is 0. The Morgan fingerprint density at radius 1 is 1.30 bits per heavy atom. The third kappa shape index (κ3) is 0.710. The van der Waals surface area contributed by atoms with Gasteiger partial charge in [0.15, 0.2) is 0 Å². The number of rotatable bonds is 0. The molecular weight excluding hydrogens is 123 g/mol. The van der Waals surface area contributed by atoms with Crippen molar-refractivity contribution in [2.45, 2.75) is 0 Å². The first-order chi connectivity index (χ1) is 4.86. The Labute approximate surface area is 59.7 Å². The van der Waals surface area contributed by atoms with Crippen LogP contribution in [0, 0.1) is 0 Å². The maximum atomic E-state index is 5.45. The topological polar surface area (TPSA) is 28.7 Å². The largest absolute Gasteiger partial charge is 0.346 e. The van der Waals surface area contributed by atoms with Gasteiger partial charge in [-0.25, -0.2) is 4.98 Å². The number of aromatic nitrogens is 2. The van der Waals surface area contributed by atoms with Crippen molar-refractivity contribution in [1.82, 2.24) is 9.97 Å². The molecule has 0 aliphatic rings. The molecule has 0 spiro atoms. The first-order valence-electron chi connectivity index (χ1n) is 3.06. The lowest BCUT2D eigenvalue weighted by atomic mass is 10.0. The van der Waals surface area contributed by atoms with E-state index < -0.39 is 0 Å². The Morgan fingerprint density at radius 3 is 3.10 bits per heavy atom. The highest BCUT2D eigenvalue weighted by atomic mass is 14.8. The summed E-state index contributed by atoms with van der Waals surface area (Å²) in [5.41, 5.74) is 1.40. The van der Waals surface area contributed by atoms with Gasteiger partial charge in [0, 0.05) is 11.6 Å². The van der Waals surface area contributed by atoms with Crippen molar-refractivity contribution in [2.24, 2.45) is 0 Å². The summed E-state index contributed by atoms with van der Waals surface area (Å²) in [7, 11) is 5.45. The molecule has 0 amide bonds. The summed E-state index contributed by atoms with van der Waals surface area (Å²) < 4.78 is 0. The molecule has 2 nitrogen and oxygen atoms in total. The normalized spacial score (nSPS) is 10.4. The Hall–Kier alpha value is -1.25. The van der Waals surface area contributed by atoms with Crippen LogP contribution in [0.25, 0.3) is 11.0 Å². The molecule has 2 heterocycles. The minimum absolute atomic E-state index is 0.551. The van der Waals surface area contributed by atoms with Crippen LogP contribution in [0.4, 0.5) is 0 Å². The first kappa shape index (κ1) is 5.53. The maximum Gasteiger partial charge on any atom is 0.141 e. The van der Waals surface area contributed by atoms with Gasteiger partial charge in [-0.2, -0.15) is 0 Å². The molecule has 0 aliphatic carbocycles. The van der Waals surface area contributed by atoms with Crippen molar-refractivity contribution in [3.05, 3.63) is 24.4 Å². The second-order valence-corrected chi connectivity index (χ2v) is 2.15. The van der Waals surface area contributed by atoms with E-state index in [4.69, 9.17) is 7.85 Å². The van der Waals surface area contributed by atoms with Gasteiger partial charge in [0.25, 0.3) is 0 Å². The van der Waals surface area contributed by atoms with Crippen LogP contribution in [0.15, 0.2) is 24.4 Å². The van der Waals surface area contributed by atoms with Gasteiger partial charge in [0.1, 0.15) is 13.5 Å². The van der Waals surface area contributed by atoms with E-state index in [1.165, 1.54) is 0 Å². The lowest BCUT2D eigenvalue weighted by Crippen LogP contribution is -2.05. The third-order valence-electron chi connectivity index (χ3n) is 1.43. The van der Waals surface area contributed by atoms with Crippen molar-refractivity contribution in [1.29, 1.82) is 0 Å². The van der Waals surface area contributed by atoms with E-state index in [2.05, 4.69) is 9.97 Å². The van der Waals surface area contributed by atoms with Gasteiger partial charge in [0.2, 0.25) is 0 Å². The lowest BCUT2D eigenvalue weighted by molar-refractivity contribution is 1.36. The second-order valence-electron chi connectivity index (χ2n) is 2.15. The van der Waals surface area contributed by atoms with Crippen molar-refractivity contribution in [3.63, 3.8) is 0 Å². The number of aromatic amines is 1. The molecule has 0 bridgehead atoms. The number of nitrogens with one attached hydrogen (secondary N) is 1. The molecule has 0 saturated heterocycles. The molecule has 1 N–H and O–H groups in total. The number of nitrogens with zero attached hydrogens (tertiary/aromatic N) is 1. The monoisotopic (exact) mass is 128 g/mol. The second kappa shape index (κ2) is 1.87. The molecule has 0 unspecified atom stereocenters. The van der Waals surface area contributed by atoms with Crippen molar-refractivity contribution in [2.75, 3.05) is 0 Å². The standard InChI is InChI=1S/C7H5BN2/c8-6-2-1-5-3-4-9-7(5)10-6/h1-4H,(H,9,10). The Bertz CT molecular complexity index is 353. The van der Waals surface area contributed by atoms with E-state index in [1.807, 2.05) is 18.3 Å². The number of H-pyrrole nitrogens is 1. The minimum Gasteiger partial charge on any atom is -0.346 e. The van der Waals surface area contributed by atoms with Crippen LogP contribution in [0.3, 0.4) is 0 Å². The average Bonchev–Trinajstić information content (AvgIpc) is 2.33. The lowest BCUT2D eigenvalue weighted by Gasteiger charge is -1.90. The third-order valence-corrected chi connectivity index (χ3v) is 1.43. The number of fused-ring (bicyclic) bond motifs is 1. The van der Waals surface area contributed by atoms with Crippen molar-refractivity contribution in [3.8, 4) is 0 Å². The molecule has 3 heteroatoms. The summed E-state index contributed by atoms with van der Waals surface area (Å²) in [4.78, 5) is 7.03. The smallest absolute Gasteiger partial charge is 0.141 e. The SMILES string of the molecule is [B]c1ccc2cc[nH]c2n1. The number of hydrogen-bond donors (Lipinski definition) is 1. The van der Waals surface area contributed by atoms with Gasteiger partial charge in [-0.15, -0.1) is 0 Å². The van der Waals surface area contributed by atoms with Gasteiger partial charge >= 0.3 is 0 Å². The highest BCUT2D eigenvalue weighted by Crippen LogP contribution is 2.04. The first-order valence-corrected chi connectivity index (χ1v) is 3.06. The molecule has 46 valence electrons. The summed E-state index contributed by atoms with van der Waals surface area (Å²) >= 11 is 0. The molecule has 2 radical (unpaired) electrons. The highest BCUT2D eigenvalue weighted by molar-refractivity contribution is 6.31. The molecule has 2 rings (SSSR count). The Morgan fingerprint density at radius 2 is 2.20 bits per heavy atom. The van der Waals surface area contributed by atoms with Gasteiger partial charge in [-0.3, -0.25) is 0 Å². The molecule has 2 aromatic heterocycles. The van der Waals surface area contributed by atoms with Gasteiger partial charge in [-0.05, 0) is 11.7 Å². The molecular formula is C7H5BN2. The molecule has 10 heavy (non-hydrogen) atoms. The van der Waals surface area contributed by atoms with E-state index in [-0.39, 0.29) is 0 Å². The minimum atomic E-state index is 0.551. The molecule has 0 aromatic carbocycles. The fourth-order valence-corrected chi connectivity index (χ4v) is 0.945. The van der Waals surface area contributed by atoms with E-state index in [1.54, 1.807) is 6.07 Å². The zero-order chi connectivity index (χ0) is 6.97. The van der Waals surface area contributed by atoms with E-state index in [0.29, 0.717) is 5.59 Å². The van der Waals surface area contributed by atoms with Gasteiger partial charge < -0.3 is 4.98 Å². The number of pyridine rings is 1. The van der Waals surface area contributed by atoms with E-state index >= 15 is 0 Å². The Balaban J connectivity index is 2.86. The fourth-order valence-electron chi connectivity index (χ4n) is 0.945. The quantitative estimate of drug-likeness (QED) is 0.509. The van der Waals surface area contributed by atoms with Gasteiger partial charge in [-0.1, -0.05) is 12.1 Å². The predicted molar refractivity (Wildman–Crippen MR) is 41.5 cm³/mol. The molecule has 0 atom stereocenters. The summed E-state index contributed by atoms with van der Waals surface area (Å²) in [5, 5.41) is 1.09. The molecule has 0 saturated carbocycles. The van der Waals surface area contributed by atoms with Crippen LogP contribution in [-0.2, 0) is 0 Å². The summed E-state index contributed by atoms with van der Waals surface area (Å²) in [6, 6.07) is 5.69.